The van der Waals surface area contributed by atoms with Crippen LogP contribution >= 0.6 is 23.1 Å². The largest absolute Gasteiger partial charge is 0.411 e. The molecule has 0 aliphatic carbocycles. The normalized spacial score (nSPS) is 10.9. The Balaban J connectivity index is 1.37. The molecule has 7 nitrogen and oxygen atoms in total. The molecule has 0 aliphatic rings. The van der Waals surface area contributed by atoms with E-state index in [0.717, 1.165) is 27.9 Å². The molecule has 0 radical (unpaired) electrons. The molecule has 1 N–H and O–H groups in total. The van der Waals surface area contributed by atoms with Crippen molar-refractivity contribution in [3.63, 3.8) is 0 Å². The Morgan fingerprint density at radius 3 is 2.43 bits per heavy atom. The summed E-state index contributed by atoms with van der Waals surface area (Å²) in [5, 5.41) is 20.6. The van der Waals surface area contributed by atoms with Crippen LogP contribution in [0.15, 0.2) is 52.1 Å². The average Bonchev–Trinajstić information content (AvgIpc) is 3.37. The monoisotopic (exact) mass is 437 g/mol. The molecule has 152 valence electrons. The van der Waals surface area contributed by atoms with Gasteiger partial charge >= 0.3 is 0 Å². The summed E-state index contributed by atoms with van der Waals surface area (Å²) in [5.41, 5.74) is 5.04. The second-order valence-corrected chi connectivity index (χ2v) is 8.85. The van der Waals surface area contributed by atoms with E-state index in [1.54, 1.807) is 0 Å². The van der Waals surface area contributed by atoms with Gasteiger partial charge in [0.05, 0.1) is 5.75 Å². The summed E-state index contributed by atoms with van der Waals surface area (Å²) >= 11 is 2.61. The van der Waals surface area contributed by atoms with Gasteiger partial charge in [0.1, 0.15) is 5.01 Å². The van der Waals surface area contributed by atoms with Gasteiger partial charge in [0.2, 0.25) is 10.9 Å². The van der Waals surface area contributed by atoms with Crippen molar-refractivity contribution in [2.45, 2.75) is 31.7 Å². The van der Waals surface area contributed by atoms with Crippen LogP contribution in [0.5, 0.6) is 0 Å². The summed E-state index contributed by atoms with van der Waals surface area (Å²) in [4.78, 5) is 12.4. The van der Waals surface area contributed by atoms with E-state index in [1.807, 2.05) is 57.2 Å². The third-order valence-electron chi connectivity index (χ3n) is 4.16. The lowest BCUT2D eigenvalue weighted by atomic mass is 10.1. The summed E-state index contributed by atoms with van der Waals surface area (Å²) in [6.07, 6.45) is 0. The van der Waals surface area contributed by atoms with E-state index in [2.05, 4.69) is 31.8 Å². The van der Waals surface area contributed by atoms with Crippen LogP contribution in [0.4, 0.5) is 5.69 Å². The minimum Gasteiger partial charge on any atom is -0.411 e. The number of rotatable bonds is 6. The molecule has 4 aromatic rings. The van der Waals surface area contributed by atoms with Gasteiger partial charge in [-0.1, -0.05) is 58.0 Å². The maximum atomic E-state index is 12.4. The third-order valence-corrected chi connectivity index (χ3v) is 6.10. The number of carbonyl (C=O) groups excluding carboxylic acids is 1. The molecular weight excluding hydrogens is 418 g/mol. The number of benzene rings is 2. The van der Waals surface area contributed by atoms with Gasteiger partial charge < -0.3 is 9.73 Å². The van der Waals surface area contributed by atoms with Crippen molar-refractivity contribution in [1.82, 2.24) is 20.4 Å². The summed E-state index contributed by atoms with van der Waals surface area (Å²) in [5.74, 6) is 0.700. The van der Waals surface area contributed by atoms with Crippen molar-refractivity contribution in [3.8, 4) is 11.5 Å². The van der Waals surface area contributed by atoms with Gasteiger partial charge in [0.25, 0.3) is 11.1 Å². The Morgan fingerprint density at radius 2 is 1.70 bits per heavy atom. The number of aromatic nitrogens is 4. The Morgan fingerprint density at radius 1 is 0.967 bits per heavy atom. The zero-order chi connectivity index (χ0) is 21.1. The number of hydrogen-bond acceptors (Lipinski definition) is 8. The van der Waals surface area contributed by atoms with Crippen molar-refractivity contribution in [3.05, 3.63) is 69.2 Å². The highest BCUT2D eigenvalue weighted by Crippen LogP contribution is 2.27. The van der Waals surface area contributed by atoms with Gasteiger partial charge in [0.15, 0.2) is 0 Å². The molecule has 30 heavy (non-hydrogen) atoms. The highest BCUT2D eigenvalue weighted by atomic mass is 32.2. The molecule has 2 aromatic heterocycles. The van der Waals surface area contributed by atoms with E-state index in [0.29, 0.717) is 26.9 Å². The average molecular weight is 438 g/mol. The maximum absolute atomic E-state index is 12.4. The summed E-state index contributed by atoms with van der Waals surface area (Å²) in [6.45, 7) is 6.06. The fourth-order valence-corrected chi connectivity index (χ4v) is 4.32. The van der Waals surface area contributed by atoms with Gasteiger partial charge in [-0.15, -0.1) is 20.4 Å². The molecule has 0 saturated carbocycles. The zero-order valence-electron chi connectivity index (χ0n) is 16.7. The highest BCUT2D eigenvalue weighted by Gasteiger charge is 2.15. The SMILES string of the molecule is Cc1ccc(NC(=O)c2nnc(CSc3nnc(-c4cc(C)cc(C)c4)o3)s2)cc1. The molecule has 0 unspecified atom stereocenters. The molecule has 0 bridgehead atoms. The van der Waals surface area contributed by atoms with E-state index < -0.39 is 0 Å². The van der Waals surface area contributed by atoms with Crippen LogP contribution in [0.25, 0.3) is 11.5 Å². The number of hydrogen-bond donors (Lipinski definition) is 1. The summed E-state index contributed by atoms with van der Waals surface area (Å²) in [7, 11) is 0. The molecule has 0 spiro atoms. The standard InChI is InChI=1S/C21H19N5O2S2/c1-12-4-6-16(7-5-12)22-18(27)20-25-23-17(30-20)11-29-21-26-24-19(28-21)15-9-13(2)8-14(3)10-15/h4-10H,11H2,1-3H3,(H,22,27). The minimum atomic E-state index is -0.275. The predicted molar refractivity (Wildman–Crippen MR) is 118 cm³/mol. The first-order valence-corrected chi connectivity index (χ1v) is 11.0. The molecule has 0 saturated heterocycles. The number of anilines is 1. The van der Waals surface area contributed by atoms with Crippen LogP contribution in [0.3, 0.4) is 0 Å². The van der Waals surface area contributed by atoms with E-state index in [9.17, 15) is 4.79 Å². The van der Waals surface area contributed by atoms with Crippen molar-refractivity contribution in [2.75, 3.05) is 5.32 Å². The van der Waals surface area contributed by atoms with Gasteiger partial charge in [-0.05, 0) is 45.0 Å². The Kier molecular flexibility index (Phi) is 5.91. The molecule has 1 amide bonds. The van der Waals surface area contributed by atoms with E-state index >= 15 is 0 Å². The van der Waals surface area contributed by atoms with Crippen molar-refractivity contribution >= 4 is 34.7 Å². The van der Waals surface area contributed by atoms with Crippen LogP contribution < -0.4 is 5.32 Å². The van der Waals surface area contributed by atoms with Gasteiger partial charge in [-0.2, -0.15) is 0 Å². The maximum Gasteiger partial charge on any atom is 0.286 e. The second-order valence-electron chi connectivity index (χ2n) is 6.86. The van der Waals surface area contributed by atoms with Crippen LogP contribution in [-0.2, 0) is 5.75 Å². The third kappa shape index (κ3) is 4.92. The Bertz CT molecular complexity index is 1160. The first-order valence-electron chi connectivity index (χ1n) is 9.21. The summed E-state index contributed by atoms with van der Waals surface area (Å²) in [6, 6.07) is 13.7. The first-order chi connectivity index (χ1) is 14.5. The smallest absolute Gasteiger partial charge is 0.286 e. The van der Waals surface area contributed by atoms with E-state index in [1.165, 1.54) is 23.1 Å². The lowest BCUT2D eigenvalue weighted by molar-refractivity contribution is 0.102. The molecule has 2 aromatic carbocycles. The van der Waals surface area contributed by atoms with Gasteiger partial charge in [-0.3, -0.25) is 4.79 Å². The van der Waals surface area contributed by atoms with Crippen LogP contribution in [0.2, 0.25) is 0 Å². The van der Waals surface area contributed by atoms with Gasteiger partial charge in [-0.25, -0.2) is 0 Å². The molecule has 0 fully saturated rings. The number of aryl methyl sites for hydroxylation is 3. The van der Waals surface area contributed by atoms with Gasteiger partial charge in [0, 0.05) is 11.3 Å². The molecule has 2 heterocycles. The molecule has 9 heteroatoms. The van der Waals surface area contributed by atoms with Crippen LogP contribution in [0, 0.1) is 20.8 Å². The number of carbonyl (C=O) groups is 1. The molecular formula is C21H19N5O2S2. The Labute approximate surface area is 182 Å². The topological polar surface area (TPSA) is 93.8 Å². The quantitative estimate of drug-likeness (QED) is 0.421. The number of nitrogens with zero attached hydrogens (tertiary/aromatic N) is 4. The Hall–Kier alpha value is -3.04. The fraction of sp³-hybridized carbons (Fsp3) is 0.190. The lowest BCUT2D eigenvalue weighted by Gasteiger charge is -2.02. The molecule has 0 aliphatic heterocycles. The van der Waals surface area contributed by atoms with Crippen LogP contribution in [-0.4, -0.2) is 26.3 Å². The lowest BCUT2D eigenvalue weighted by Crippen LogP contribution is -2.11. The van der Waals surface area contributed by atoms with E-state index in [4.69, 9.17) is 4.42 Å². The number of amides is 1. The number of thioether (sulfide) groups is 1. The molecule has 0 atom stereocenters. The van der Waals surface area contributed by atoms with Crippen molar-refractivity contribution in [2.24, 2.45) is 0 Å². The summed E-state index contributed by atoms with van der Waals surface area (Å²) < 4.78 is 5.76. The second kappa shape index (κ2) is 8.76. The predicted octanol–water partition coefficient (Wildman–Crippen LogP) is 5.06. The minimum absolute atomic E-state index is 0.275. The zero-order valence-corrected chi connectivity index (χ0v) is 18.3. The van der Waals surface area contributed by atoms with Crippen molar-refractivity contribution < 1.29 is 9.21 Å². The van der Waals surface area contributed by atoms with Crippen molar-refractivity contribution in [1.29, 1.82) is 0 Å². The molecule has 4 rings (SSSR count). The fourth-order valence-electron chi connectivity index (χ4n) is 2.83. The first kappa shape index (κ1) is 20.2. The van der Waals surface area contributed by atoms with E-state index in [-0.39, 0.29) is 5.91 Å². The number of nitrogens with one attached hydrogen (secondary N) is 1. The highest BCUT2D eigenvalue weighted by molar-refractivity contribution is 7.98. The van der Waals surface area contributed by atoms with Crippen LogP contribution in [0.1, 0.15) is 31.5 Å².